The fourth-order valence-electron chi connectivity index (χ4n) is 13.4. The summed E-state index contributed by atoms with van der Waals surface area (Å²) in [5, 5.41) is 9.40. The zero-order chi connectivity index (χ0) is 53.3. The van der Waals surface area contributed by atoms with Crippen molar-refractivity contribution in [3.8, 4) is 45.5 Å². The molecule has 1 aliphatic heterocycles. The maximum absolute atomic E-state index is 6.88. The van der Waals surface area contributed by atoms with Gasteiger partial charge < -0.3 is 28.2 Å². The molecule has 0 N–H and O–H groups in total. The predicted molar refractivity (Wildman–Crippen MR) is 335 cm³/mol. The molecule has 11 aromatic carbocycles. The van der Waals surface area contributed by atoms with E-state index in [0.29, 0.717) is 0 Å². The first-order valence-corrected chi connectivity index (χ1v) is 27.6. The average Bonchev–Trinajstić information content (AvgIpc) is 4.53. The maximum Gasteiger partial charge on any atom is 0.139 e. The van der Waals surface area contributed by atoms with E-state index in [9.17, 15) is 0 Å². The van der Waals surface area contributed by atoms with E-state index in [4.69, 9.17) is 9.72 Å². The van der Waals surface area contributed by atoms with Gasteiger partial charge in [0.25, 0.3) is 0 Å². The van der Waals surface area contributed by atoms with E-state index in [1.807, 2.05) is 6.07 Å². The van der Waals surface area contributed by atoms with Gasteiger partial charge in [-0.05, 0) is 91.0 Å². The minimum absolute atomic E-state index is 0.734. The van der Waals surface area contributed by atoms with E-state index in [0.717, 1.165) is 113 Å². The molecule has 0 bridgehead atoms. The first kappa shape index (κ1) is 45.2. The topological polar surface area (TPSA) is 48.3 Å². The van der Waals surface area contributed by atoms with Gasteiger partial charge >= 0.3 is 0 Å². The molecule has 81 heavy (non-hydrogen) atoms. The molecule has 382 valence electrons. The lowest BCUT2D eigenvalue weighted by molar-refractivity contribution is 0.483. The van der Waals surface area contributed by atoms with Gasteiger partial charge in [-0.15, -0.1) is 0 Å². The van der Waals surface area contributed by atoms with Crippen LogP contribution in [0.25, 0.3) is 121 Å². The Morgan fingerprint density at radius 2 is 0.716 bits per heavy atom. The van der Waals surface area contributed by atoms with E-state index >= 15 is 0 Å². The molecule has 0 saturated carbocycles. The zero-order valence-corrected chi connectivity index (χ0v) is 44.1. The van der Waals surface area contributed by atoms with Crippen molar-refractivity contribution in [2.75, 3.05) is 23.5 Å². The smallest absolute Gasteiger partial charge is 0.139 e. The van der Waals surface area contributed by atoms with Gasteiger partial charge in [0, 0.05) is 91.3 Å². The SMILES string of the molecule is CN1CN(c2cccc(Oc3ccc4c5ccccc5n(-c5cc(-n6c7ccccc7c7ccccc76)c(-c6c(-n7c8ccccc8c8ccccc87)cccc6-n6c7ccccc7c7ccccc76)cn5)c4c3)c2)c2ccccc21. The summed E-state index contributed by atoms with van der Waals surface area (Å²) in [7, 11) is 2.14. The largest absolute Gasteiger partial charge is 0.457 e. The molecule has 0 atom stereocenters. The second-order valence-corrected chi connectivity index (χ2v) is 21.2. The number of pyridine rings is 1. The number of fused-ring (bicyclic) bond motifs is 13. The molecule has 0 unspecified atom stereocenters. The van der Waals surface area contributed by atoms with Crippen LogP contribution in [0.4, 0.5) is 17.1 Å². The highest BCUT2D eigenvalue weighted by Crippen LogP contribution is 2.47. The van der Waals surface area contributed by atoms with Crippen LogP contribution in [-0.4, -0.2) is 37.0 Å². The van der Waals surface area contributed by atoms with Crippen LogP contribution >= 0.6 is 0 Å². The Kier molecular flexibility index (Phi) is 9.82. The van der Waals surface area contributed by atoms with Gasteiger partial charge in [-0.25, -0.2) is 4.98 Å². The molecular weight excluding hydrogens is 991 g/mol. The number of nitrogens with zero attached hydrogens (tertiary/aromatic N) is 7. The highest BCUT2D eigenvalue weighted by atomic mass is 16.5. The molecule has 16 aromatic rings. The Morgan fingerprint density at radius 1 is 0.321 bits per heavy atom. The molecule has 17 rings (SSSR count). The molecule has 1 aliphatic rings. The van der Waals surface area contributed by atoms with Crippen molar-refractivity contribution < 1.29 is 4.74 Å². The predicted octanol–water partition coefficient (Wildman–Crippen LogP) is 18.5. The van der Waals surface area contributed by atoms with Crippen molar-refractivity contribution >= 4 is 104 Å². The van der Waals surface area contributed by atoms with Gasteiger partial charge in [0.1, 0.15) is 17.3 Å². The van der Waals surface area contributed by atoms with Crippen LogP contribution in [0.15, 0.2) is 267 Å². The first-order valence-electron chi connectivity index (χ1n) is 27.6. The van der Waals surface area contributed by atoms with Gasteiger partial charge in [-0.3, -0.25) is 4.57 Å². The first-order chi connectivity index (χ1) is 40.1. The normalized spacial score (nSPS) is 12.7. The van der Waals surface area contributed by atoms with E-state index in [2.05, 4.69) is 296 Å². The monoisotopic (exact) mass is 1040 g/mol. The van der Waals surface area contributed by atoms with Crippen molar-refractivity contribution in [3.63, 3.8) is 0 Å². The van der Waals surface area contributed by atoms with E-state index in [1.165, 1.54) is 43.7 Å². The third-order valence-corrected chi connectivity index (χ3v) is 16.8. The number of rotatable bonds is 8. The second-order valence-electron chi connectivity index (χ2n) is 21.2. The van der Waals surface area contributed by atoms with Crippen LogP contribution in [0.5, 0.6) is 11.5 Å². The lowest BCUT2D eigenvalue weighted by Crippen LogP contribution is -2.23. The zero-order valence-electron chi connectivity index (χ0n) is 44.1. The minimum Gasteiger partial charge on any atom is -0.457 e. The fourth-order valence-corrected chi connectivity index (χ4v) is 13.4. The van der Waals surface area contributed by atoms with Crippen LogP contribution in [0.2, 0.25) is 0 Å². The fraction of sp³-hybridized carbons (Fsp3) is 0.0274. The lowest BCUT2D eigenvalue weighted by Gasteiger charge is -2.23. The Morgan fingerprint density at radius 3 is 1.22 bits per heavy atom. The second kappa shape index (κ2) is 17.6. The van der Waals surface area contributed by atoms with Gasteiger partial charge in [0.15, 0.2) is 0 Å². The summed E-state index contributed by atoms with van der Waals surface area (Å²) in [6.45, 7) is 0.754. The molecule has 0 saturated heterocycles. The number of ether oxygens (including phenoxy) is 1. The van der Waals surface area contributed by atoms with Crippen LogP contribution in [-0.2, 0) is 0 Å². The molecule has 0 amide bonds. The number of hydrogen-bond acceptors (Lipinski definition) is 4. The highest BCUT2D eigenvalue weighted by Gasteiger charge is 2.28. The Bertz CT molecular complexity index is 4960. The van der Waals surface area contributed by atoms with Crippen molar-refractivity contribution in [1.29, 1.82) is 0 Å². The Hall–Kier alpha value is -10.8. The number of para-hydroxylation sites is 9. The summed E-state index contributed by atoms with van der Waals surface area (Å²) in [6.07, 6.45) is 2.14. The van der Waals surface area contributed by atoms with Crippen LogP contribution in [0.3, 0.4) is 0 Å². The Balaban J connectivity index is 0.942. The summed E-state index contributed by atoms with van der Waals surface area (Å²) in [6, 6.07) is 94.0. The number of hydrogen-bond donors (Lipinski definition) is 0. The van der Waals surface area contributed by atoms with Crippen LogP contribution in [0, 0.1) is 0 Å². The number of anilines is 3. The Labute approximate surface area is 466 Å². The summed E-state index contributed by atoms with van der Waals surface area (Å²) in [5.74, 6) is 2.28. The number of aromatic nitrogens is 5. The summed E-state index contributed by atoms with van der Waals surface area (Å²) < 4.78 is 16.6. The summed E-state index contributed by atoms with van der Waals surface area (Å²) in [4.78, 5) is 10.3. The minimum atomic E-state index is 0.734. The van der Waals surface area contributed by atoms with Crippen molar-refractivity contribution in [2.45, 2.75) is 0 Å². The van der Waals surface area contributed by atoms with Gasteiger partial charge in [-0.2, -0.15) is 0 Å². The standard InChI is InChI=1S/C73H49N7O/c1-75-46-76(67-37-17-16-36-66(67)75)47-20-18-21-48(42-47)81-49-40-41-57-56-28-8-15-35-65(56)80(70(57)43-49)72-44-71(79-63-33-13-6-26-54(63)55-27-7-14-34-64(55)79)58(45-74-72)73-68(77-59-29-9-2-22-50(59)51-23-3-10-30-60(51)77)38-19-39-69(73)78-61-31-11-4-24-52(61)53-25-5-12-32-62(53)78/h2-45H,46H2,1H3. The maximum atomic E-state index is 6.88. The molecule has 0 fully saturated rings. The van der Waals surface area contributed by atoms with E-state index < -0.39 is 0 Å². The van der Waals surface area contributed by atoms with Crippen LogP contribution < -0.4 is 14.5 Å². The summed E-state index contributed by atoms with van der Waals surface area (Å²) in [5.41, 5.74) is 17.4. The van der Waals surface area contributed by atoms with E-state index in [1.54, 1.807) is 0 Å². The highest BCUT2D eigenvalue weighted by molar-refractivity contribution is 6.14. The van der Waals surface area contributed by atoms with Gasteiger partial charge in [-0.1, -0.05) is 152 Å². The molecule has 0 radical (unpaired) electrons. The van der Waals surface area contributed by atoms with Gasteiger partial charge in [0.05, 0.1) is 79.2 Å². The third-order valence-electron chi connectivity index (χ3n) is 16.8. The quantitative estimate of drug-likeness (QED) is 0.152. The molecule has 0 aliphatic carbocycles. The van der Waals surface area contributed by atoms with Crippen molar-refractivity contribution in [3.05, 3.63) is 267 Å². The molecule has 6 heterocycles. The van der Waals surface area contributed by atoms with Gasteiger partial charge in [0.2, 0.25) is 0 Å². The lowest BCUT2D eigenvalue weighted by atomic mass is 9.99. The third kappa shape index (κ3) is 6.74. The molecule has 0 spiro atoms. The van der Waals surface area contributed by atoms with E-state index in [-0.39, 0.29) is 0 Å². The number of benzene rings is 11. The van der Waals surface area contributed by atoms with Crippen LogP contribution in [0.1, 0.15) is 0 Å². The average molecular weight is 1040 g/mol. The molecule has 8 heteroatoms. The summed E-state index contributed by atoms with van der Waals surface area (Å²) >= 11 is 0. The van der Waals surface area contributed by atoms with Crippen molar-refractivity contribution in [2.24, 2.45) is 0 Å². The molecule has 8 nitrogen and oxygen atoms in total. The molecular formula is C73H49N7O. The van der Waals surface area contributed by atoms with Crippen molar-refractivity contribution in [1.82, 2.24) is 23.3 Å². The molecule has 5 aromatic heterocycles.